The molecule has 1 heterocycles. The van der Waals surface area contributed by atoms with E-state index in [1.807, 2.05) is 0 Å². The first-order valence-electron chi connectivity index (χ1n) is 5.92. The molecule has 0 radical (unpaired) electrons. The lowest BCUT2D eigenvalue weighted by Crippen LogP contribution is -2.13. The molecule has 112 valence electrons. The van der Waals surface area contributed by atoms with Gasteiger partial charge >= 0.3 is 0 Å². The molecular formula is C13H14ClN3O3S. The second kappa shape index (κ2) is 5.79. The molecule has 0 spiro atoms. The van der Waals surface area contributed by atoms with Crippen LogP contribution in [-0.2, 0) is 10.0 Å². The SMILES string of the molecule is COc1ccc(NS(=O)(=O)c2cc(N)c(C)c(Cl)c2)cn1. The Hall–Kier alpha value is -1.99. The van der Waals surface area contributed by atoms with Gasteiger partial charge in [-0.15, -0.1) is 0 Å². The van der Waals surface area contributed by atoms with E-state index in [2.05, 4.69) is 9.71 Å². The van der Waals surface area contributed by atoms with E-state index in [1.165, 1.54) is 25.4 Å². The quantitative estimate of drug-likeness (QED) is 0.841. The normalized spacial score (nSPS) is 11.2. The molecule has 0 aliphatic carbocycles. The Morgan fingerprint density at radius 2 is 2.05 bits per heavy atom. The Kier molecular flexibility index (Phi) is 4.24. The number of rotatable bonds is 4. The van der Waals surface area contributed by atoms with Gasteiger partial charge in [0, 0.05) is 16.8 Å². The molecule has 8 heteroatoms. The van der Waals surface area contributed by atoms with Crippen molar-refractivity contribution in [2.45, 2.75) is 11.8 Å². The number of nitrogens with zero attached hydrogens (tertiary/aromatic N) is 1. The Balaban J connectivity index is 2.33. The highest BCUT2D eigenvalue weighted by molar-refractivity contribution is 7.92. The van der Waals surface area contributed by atoms with Crippen LogP contribution in [0.3, 0.4) is 0 Å². The van der Waals surface area contributed by atoms with Gasteiger partial charge in [0.2, 0.25) is 5.88 Å². The van der Waals surface area contributed by atoms with Gasteiger partial charge in [0.15, 0.2) is 0 Å². The van der Waals surface area contributed by atoms with Crippen molar-refractivity contribution in [3.8, 4) is 5.88 Å². The number of nitrogens with one attached hydrogen (secondary N) is 1. The van der Waals surface area contributed by atoms with Crippen LogP contribution in [0.2, 0.25) is 5.02 Å². The van der Waals surface area contributed by atoms with E-state index in [0.29, 0.717) is 27.8 Å². The van der Waals surface area contributed by atoms with Crippen molar-refractivity contribution < 1.29 is 13.2 Å². The maximum atomic E-state index is 12.3. The van der Waals surface area contributed by atoms with Gasteiger partial charge in [0.05, 0.1) is 23.9 Å². The summed E-state index contributed by atoms with van der Waals surface area (Å²) in [5.74, 6) is 0.389. The molecule has 0 saturated carbocycles. The van der Waals surface area contributed by atoms with Crippen molar-refractivity contribution >= 4 is 33.0 Å². The van der Waals surface area contributed by atoms with Gasteiger partial charge < -0.3 is 10.5 Å². The molecule has 0 amide bonds. The van der Waals surface area contributed by atoms with E-state index in [4.69, 9.17) is 22.1 Å². The molecule has 2 aromatic rings. The summed E-state index contributed by atoms with van der Waals surface area (Å²) in [4.78, 5) is 3.92. The van der Waals surface area contributed by atoms with Crippen molar-refractivity contribution in [3.63, 3.8) is 0 Å². The molecular weight excluding hydrogens is 314 g/mol. The predicted octanol–water partition coefficient (Wildman–Crippen LogP) is 2.44. The lowest BCUT2D eigenvalue weighted by atomic mass is 10.2. The van der Waals surface area contributed by atoms with Crippen molar-refractivity contribution in [1.29, 1.82) is 0 Å². The minimum atomic E-state index is -3.79. The highest BCUT2D eigenvalue weighted by atomic mass is 35.5. The zero-order valence-electron chi connectivity index (χ0n) is 11.4. The standard InChI is InChI=1S/C13H14ClN3O3S/c1-8-11(14)5-10(6-12(8)15)21(18,19)17-9-3-4-13(20-2)16-7-9/h3-7,17H,15H2,1-2H3. The molecule has 21 heavy (non-hydrogen) atoms. The molecule has 0 aliphatic heterocycles. The number of methoxy groups -OCH3 is 1. The molecule has 2 rings (SSSR count). The first-order valence-corrected chi connectivity index (χ1v) is 7.78. The summed E-state index contributed by atoms with van der Waals surface area (Å²) >= 11 is 5.97. The third-order valence-corrected chi connectivity index (χ3v) is 4.62. The topological polar surface area (TPSA) is 94.3 Å². The summed E-state index contributed by atoms with van der Waals surface area (Å²) in [5.41, 5.74) is 7.01. The van der Waals surface area contributed by atoms with Gasteiger partial charge in [-0.3, -0.25) is 4.72 Å². The number of hydrogen-bond donors (Lipinski definition) is 2. The summed E-state index contributed by atoms with van der Waals surface area (Å²) in [5, 5.41) is 0.295. The number of nitrogens with two attached hydrogens (primary N) is 1. The van der Waals surface area contributed by atoms with Gasteiger partial charge in [-0.05, 0) is 30.7 Å². The number of nitrogen functional groups attached to an aromatic ring is 1. The van der Waals surface area contributed by atoms with Crippen LogP contribution in [0, 0.1) is 6.92 Å². The van der Waals surface area contributed by atoms with Crippen LogP contribution in [0.5, 0.6) is 5.88 Å². The number of aromatic nitrogens is 1. The Labute approximate surface area is 128 Å². The fourth-order valence-corrected chi connectivity index (χ4v) is 3.00. The number of ether oxygens (including phenoxy) is 1. The molecule has 1 aromatic heterocycles. The summed E-state index contributed by atoms with van der Waals surface area (Å²) in [6.45, 7) is 1.72. The average molecular weight is 328 g/mol. The van der Waals surface area contributed by atoms with E-state index < -0.39 is 10.0 Å². The summed E-state index contributed by atoms with van der Waals surface area (Å²) in [6.07, 6.45) is 1.36. The maximum absolute atomic E-state index is 12.3. The third kappa shape index (κ3) is 3.37. The van der Waals surface area contributed by atoms with Crippen LogP contribution in [0.4, 0.5) is 11.4 Å². The smallest absolute Gasteiger partial charge is 0.262 e. The molecule has 6 nitrogen and oxygen atoms in total. The number of hydrogen-bond acceptors (Lipinski definition) is 5. The van der Waals surface area contributed by atoms with Crippen molar-refractivity contribution in [2.24, 2.45) is 0 Å². The van der Waals surface area contributed by atoms with Crippen LogP contribution in [-0.4, -0.2) is 20.5 Å². The summed E-state index contributed by atoms with van der Waals surface area (Å²) < 4.78 is 31.9. The van der Waals surface area contributed by atoms with E-state index in [-0.39, 0.29) is 4.90 Å². The van der Waals surface area contributed by atoms with E-state index in [0.717, 1.165) is 0 Å². The number of pyridine rings is 1. The monoisotopic (exact) mass is 327 g/mol. The average Bonchev–Trinajstić information content (AvgIpc) is 2.44. The summed E-state index contributed by atoms with van der Waals surface area (Å²) in [6, 6.07) is 5.81. The van der Waals surface area contributed by atoms with Gasteiger partial charge in [0.1, 0.15) is 0 Å². The lowest BCUT2D eigenvalue weighted by molar-refractivity contribution is 0.398. The Morgan fingerprint density at radius 1 is 1.33 bits per heavy atom. The van der Waals surface area contributed by atoms with Crippen molar-refractivity contribution in [3.05, 3.63) is 41.0 Å². The molecule has 0 atom stereocenters. The zero-order valence-corrected chi connectivity index (χ0v) is 13.0. The second-order valence-electron chi connectivity index (χ2n) is 4.31. The van der Waals surface area contributed by atoms with Crippen LogP contribution in [0.25, 0.3) is 0 Å². The number of sulfonamides is 1. The summed E-state index contributed by atoms with van der Waals surface area (Å²) in [7, 11) is -2.31. The molecule has 0 bridgehead atoms. The molecule has 1 aromatic carbocycles. The molecule has 0 unspecified atom stereocenters. The van der Waals surface area contributed by atoms with Gasteiger partial charge in [-0.1, -0.05) is 11.6 Å². The number of anilines is 2. The fourth-order valence-electron chi connectivity index (χ4n) is 1.60. The number of benzene rings is 1. The molecule has 0 saturated heterocycles. The van der Waals surface area contributed by atoms with Crippen LogP contribution in [0.1, 0.15) is 5.56 Å². The molecule has 0 fully saturated rings. The Morgan fingerprint density at radius 3 is 2.57 bits per heavy atom. The predicted molar refractivity (Wildman–Crippen MR) is 82.2 cm³/mol. The largest absolute Gasteiger partial charge is 0.481 e. The van der Waals surface area contributed by atoms with Crippen molar-refractivity contribution in [2.75, 3.05) is 17.6 Å². The van der Waals surface area contributed by atoms with Crippen molar-refractivity contribution in [1.82, 2.24) is 4.98 Å². The fraction of sp³-hybridized carbons (Fsp3) is 0.154. The van der Waals surface area contributed by atoms with E-state index in [1.54, 1.807) is 19.1 Å². The van der Waals surface area contributed by atoms with E-state index >= 15 is 0 Å². The van der Waals surface area contributed by atoms with Crippen LogP contribution < -0.4 is 15.2 Å². The van der Waals surface area contributed by atoms with Gasteiger partial charge in [-0.25, -0.2) is 13.4 Å². The first-order chi connectivity index (χ1) is 9.83. The van der Waals surface area contributed by atoms with Gasteiger partial charge in [0.25, 0.3) is 10.0 Å². The highest BCUT2D eigenvalue weighted by Crippen LogP contribution is 2.27. The lowest BCUT2D eigenvalue weighted by Gasteiger charge is -2.11. The molecule has 0 aliphatic rings. The third-order valence-electron chi connectivity index (χ3n) is 2.87. The maximum Gasteiger partial charge on any atom is 0.262 e. The van der Waals surface area contributed by atoms with Crippen LogP contribution in [0.15, 0.2) is 35.4 Å². The number of halogens is 1. The second-order valence-corrected chi connectivity index (χ2v) is 6.40. The van der Waals surface area contributed by atoms with E-state index in [9.17, 15) is 8.42 Å². The Bertz CT molecular complexity index is 738. The minimum absolute atomic E-state index is 0.00795. The minimum Gasteiger partial charge on any atom is -0.481 e. The first kappa shape index (κ1) is 15.4. The molecule has 3 N–H and O–H groups in total. The zero-order chi connectivity index (χ0) is 15.6. The highest BCUT2D eigenvalue weighted by Gasteiger charge is 2.17. The van der Waals surface area contributed by atoms with Gasteiger partial charge in [-0.2, -0.15) is 0 Å². The van der Waals surface area contributed by atoms with Crippen LogP contribution >= 0.6 is 11.6 Å².